The molecular formula is C23H23ClF3N3O3. The summed E-state index contributed by atoms with van der Waals surface area (Å²) in [6.45, 7) is 0. The first-order chi connectivity index (χ1) is 15.6. The van der Waals surface area contributed by atoms with Gasteiger partial charge in [-0.15, -0.1) is 0 Å². The first kappa shape index (κ1) is 23.6. The molecule has 2 aliphatic rings. The summed E-state index contributed by atoms with van der Waals surface area (Å²) in [5.41, 5.74) is -0.0186. The Hall–Kier alpha value is -2.54. The molecule has 33 heavy (non-hydrogen) atoms. The summed E-state index contributed by atoms with van der Waals surface area (Å²) in [7, 11) is 1.71. The summed E-state index contributed by atoms with van der Waals surface area (Å²) in [5.74, 6) is 3.72. The van der Waals surface area contributed by atoms with Gasteiger partial charge in [0.05, 0.1) is 17.0 Å². The van der Waals surface area contributed by atoms with Crippen molar-refractivity contribution in [2.45, 2.75) is 49.7 Å². The Bertz CT molecular complexity index is 1110. The van der Waals surface area contributed by atoms with Crippen molar-refractivity contribution < 1.29 is 28.2 Å². The molecule has 1 aromatic carbocycles. The Morgan fingerprint density at radius 1 is 1.33 bits per heavy atom. The van der Waals surface area contributed by atoms with Gasteiger partial charge in [-0.1, -0.05) is 23.4 Å². The number of rotatable bonds is 4. The molecule has 2 aromatic rings. The second-order valence-electron chi connectivity index (χ2n) is 8.85. The summed E-state index contributed by atoms with van der Waals surface area (Å²) in [4.78, 5) is 17.4. The van der Waals surface area contributed by atoms with E-state index in [4.69, 9.17) is 11.6 Å². The second-order valence-corrected chi connectivity index (χ2v) is 9.26. The van der Waals surface area contributed by atoms with Gasteiger partial charge in [0.1, 0.15) is 17.1 Å². The van der Waals surface area contributed by atoms with Gasteiger partial charge in [-0.2, -0.15) is 0 Å². The number of carbonyl (C=O) groups excluding carboxylic acids is 1. The van der Waals surface area contributed by atoms with Crippen molar-refractivity contribution in [3.63, 3.8) is 0 Å². The predicted molar refractivity (Wildman–Crippen MR) is 115 cm³/mol. The van der Waals surface area contributed by atoms with Crippen LogP contribution in [0, 0.1) is 29.5 Å². The zero-order valence-corrected chi connectivity index (χ0v) is 18.5. The Kier molecular flexibility index (Phi) is 6.45. The molecule has 0 radical (unpaired) electrons. The molecule has 3 N–H and O–H groups in total. The molecule has 2 saturated carbocycles. The van der Waals surface area contributed by atoms with Crippen molar-refractivity contribution in [3.05, 3.63) is 46.8 Å². The Morgan fingerprint density at radius 3 is 2.61 bits per heavy atom. The number of hydrogen-bond donors (Lipinski definition) is 3. The van der Waals surface area contributed by atoms with Crippen molar-refractivity contribution in [1.82, 2.24) is 9.55 Å². The van der Waals surface area contributed by atoms with Gasteiger partial charge in [0.2, 0.25) is 0 Å². The van der Waals surface area contributed by atoms with Crippen LogP contribution in [0.15, 0.2) is 24.5 Å². The van der Waals surface area contributed by atoms with Crippen molar-refractivity contribution >= 4 is 23.2 Å². The number of fused-ring (bicyclic) bond motifs is 1. The standard InChI is InChI=1S/C23H23ClF3N3O3/c1-30-11-28-19(20(30)22(32)29-15-2-3-17(25)16(24)8-15)12-6-13-9-23(33,10-14(13)7-12)5-4-18(31)21(26)27/h2-3,8,11-14,18,21,31,33H,6-7,9-10H2,1H3,(H,29,32)/t12?,13?,14?,18-,23?/m1/s1. The lowest BCUT2D eigenvalue weighted by Gasteiger charge is -2.19. The van der Waals surface area contributed by atoms with E-state index in [1.165, 1.54) is 18.2 Å². The molecule has 0 aliphatic heterocycles. The normalized spacial score (nSPS) is 27.2. The van der Waals surface area contributed by atoms with E-state index < -0.39 is 29.9 Å². The van der Waals surface area contributed by atoms with Gasteiger partial charge < -0.3 is 20.1 Å². The van der Waals surface area contributed by atoms with E-state index in [2.05, 4.69) is 22.1 Å². The average Bonchev–Trinajstić information content (AvgIpc) is 3.39. The van der Waals surface area contributed by atoms with E-state index in [0.29, 0.717) is 42.8 Å². The Balaban J connectivity index is 1.46. The van der Waals surface area contributed by atoms with Gasteiger partial charge >= 0.3 is 0 Å². The molecule has 0 saturated heterocycles. The van der Waals surface area contributed by atoms with Crippen LogP contribution in [0.1, 0.15) is 47.8 Å². The van der Waals surface area contributed by atoms with Gasteiger partial charge in [0.15, 0.2) is 6.10 Å². The van der Waals surface area contributed by atoms with Crippen molar-refractivity contribution in [1.29, 1.82) is 0 Å². The maximum atomic E-state index is 13.4. The monoisotopic (exact) mass is 481 g/mol. The molecule has 0 bridgehead atoms. The highest BCUT2D eigenvalue weighted by atomic mass is 35.5. The van der Waals surface area contributed by atoms with Crippen LogP contribution < -0.4 is 5.32 Å². The van der Waals surface area contributed by atoms with E-state index in [1.54, 1.807) is 17.9 Å². The predicted octanol–water partition coefficient (Wildman–Crippen LogP) is 3.73. The van der Waals surface area contributed by atoms with Crippen LogP contribution in [0.5, 0.6) is 0 Å². The van der Waals surface area contributed by atoms with Crippen LogP contribution in [-0.2, 0) is 7.05 Å². The van der Waals surface area contributed by atoms with Crippen molar-refractivity contribution in [2.75, 3.05) is 5.32 Å². The number of halogens is 4. The SMILES string of the molecule is Cn1cnc(C2CC3CC(O)(C#C[C@@H](O)C(F)F)CC3C2)c1C(=O)Nc1ccc(F)c(Cl)c1. The number of imidazole rings is 1. The number of anilines is 1. The van der Waals surface area contributed by atoms with E-state index in [0.717, 1.165) is 0 Å². The third-order valence-electron chi connectivity index (χ3n) is 6.48. The largest absolute Gasteiger partial charge is 0.378 e. The van der Waals surface area contributed by atoms with Gasteiger partial charge in [0.25, 0.3) is 12.3 Å². The molecule has 2 aliphatic carbocycles. The molecule has 1 heterocycles. The number of nitrogens with one attached hydrogen (secondary N) is 1. The first-order valence-electron chi connectivity index (χ1n) is 10.5. The molecule has 3 atom stereocenters. The molecule has 10 heteroatoms. The average molecular weight is 482 g/mol. The molecule has 1 aromatic heterocycles. The molecule has 2 fully saturated rings. The first-order valence-corrected chi connectivity index (χ1v) is 10.9. The van der Waals surface area contributed by atoms with Crippen LogP contribution in [0.3, 0.4) is 0 Å². The molecule has 1 amide bonds. The zero-order valence-electron chi connectivity index (χ0n) is 17.7. The highest BCUT2D eigenvalue weighted by molar-refractivity contribution is 6.31. The smallest absolute Gasteiger partial charge is 0.275 e. The lowest BCUT2D eigenvalue weighted by Crippen LogP contribution is -2.25. The molecule has 4 rings (SSSR count). The molecule has 6 nitrogen and oxygen atoms in total. The van der Waals surface area contributed by atoms with Crippen LogP contribution in [-0.4, -0.2) is 43.8 Å². The number of aliphatic hydroxyl groups is 2. The van der Waals surface area contributed by atoms with Crippen LogP contribution in [0.2, 0.25) is 5.02 Å². The lowest BCUT2D eigenvalue weighted by molar-refractivity contribution is 0.0287. The topological polar surface area (TPSA) is 87.4 Å². The third kappa shape index (κ3) is 4.88. The molecule has 176 valence electrons. The fraction of sp³-hybridized carbons (Fsp3) is 0.478. The van der Waals surface area contributed by atoms with E-state index in [1.807, 2.05) is 0 Å². The molecule has 2 unspecified atom stereocenters. The molecule has 0 spiro atoms. The number of aliphatic hydroxyl groups excluding tert-OH is 1. The maximum Gasteiger partial charge on any atom is 0.275 e. The van der Waals surface area contributed by atoms with Gasteiger partial charge in [-0.25, -0.2) is 18.2 Å². The van der Waals surface area contributed by atoms with Gasteiger partial charge in [-0.05, 0) is 55.7 Å². The maximum absolute atomic E-state index is 13.4. The van der Waals surface area contributed by atoms with Crippen LogP contribution in [0.4, 0.5) is 18.9 Å². The number of carbonyl (C=O) groups is 1. The quantitative estimate of drug-likeness (QED) is 0.581. The Labute approximate surface area is 193 Å². The molecular weight excluding hydrogens is 459 g/mol. The van der Waals surface area contributed by atoms with Gasteiger partial charge in [-0.3, -0.25) is 4.79 Å². The highest BCUT2D eigenvalue weighted by Crippen LogP contribution is 2.53. The van der Waals surface area contributed by atoms with Gasteiger partial charge in [0, 0.05) is 18.7 Å². The zero-order chi connectivity index (χ0) is 23.9. The minimum absolute atomic E-state index is 0.0112. The number of benzene rings is 1. The number of nitrogens with zero attached hydrogens (tertiary/aromatic N) is 2. The third-order valence-corrected chi connectivity index (χ3v) is 6.77. The summed E-state index contributed by atoms with van der Waals surface area (Å²) >= 11 is 5.80. The minimum Gasteiger partial charge on any atom is -0.378 e. The summed E-state index contributed by atoms with van der Waals surface area (Å²) < 4.78 is 40.0. The fourth-order valence-corrected chi connectivity index (χ4v) is 5.23. The highest BCUT2D eigenvalue weighted by Gasteiger charge is 2.49. The fourth-order valence-electron chi connectivity index (χ4n) is 5.05. The summed E-state index contributed by atoms with van der Waals surface area (Å²) in [6, 6.07) is 3.92. The minimum atomic E-state index is -2.98. The van der Waals surface area contributed by atoms with Crippen molar-refractivity contribution in [2.24, 2.45) is 18.9 Å². The van der Waals surface area contributed by atoms with E-state index in [9.17, 15) is 28.2 Å². The summed E-state index contributed by atoms with van der Waals surface area (Å²) in [5, 5.41) is 22.5. The number of amides is 1. The summed E-state index contributed by atoms with van der Waals surface area (Å²) in [6.07, 6.45) is -1.51. The van der Waals surface area contributed by atoms with E-state index >= 15 is 0 Å². The van der Waals surface area contributed by atoms with E-state index in [-0.39, 0.29) is 22.8 Å². The number of hydrogen-bond acceptors (Lipinski definition) is 4. The van der Waals surface area contributed by atoms with Crippen LogP contribution in [0.25, 0.3) is 0 Å². The van der Waals surface area contributed by atoms with Crippen LogP contribution >= 0.6 is 11.6 Å². The van der Waals surface area contributed by atoms with Crippen molar-refractivity contribution in [3.8, 4) is 11.8 Å². The second kappa shape index (κ2) is 9.01. The Morgan fingerprint density at radius 2 is 2.00 bits per heavy atom. The number of aromatic nitrogens is 2. The lowest BCUT2D eigenvalue weighted by atomic mass is 9.92. The number of alkyl halides is 2. The number of aryl methyl sites for hydroxylation is 1.